The van der Waals surface area contributed by atoms with Gasteiger partial charge in [0.2, 0.25) is 0 Å². The molecule has 1 atom stereocenters. The van der Waals surface area contributed by atoms with Gasteiger partial charge < -0.3 is 20.6 Å². The Morgan fingerprint density at radius 1 is 1.40 bits per heavy atom. The van der Waals surface area contributed by atoms with Crippen LogP contribution in [0.5, 0.6) is 0 Å². The van der Waals surface area contributed by atoms with E-state index in [-0.39, 0.29) is 24.5 Å². The molecule has 0 aromatic heterocycles. The van der Waals surface area contributed by atoms with Gasteiger partial charge in [0.15, 0.2) is 0 Å². The summed E-state index contributed by atoms with van der Waals surface area (Å²) in [4.78, 5) is 14.3. The lowest BCUT2D eigenvalue weighted by Gasteiger charge is -2.32. The zero-order valence-corrected chi connectivity index (χ0v) is 13.4. The van der Waals surface area contributed by atoms with Gasteiger partial charge in [0.25, 0.3) is 0 Å². The molecule has 1 heterocycles. The topological polar surface area (TPSA) is 64.6 Å². The minimum atomic E-state index is -0.859. The van der Waals surface area contributed by atoms with E-state index in [1.54, 1.807) is 6.92 Å². The number of urea groups is 1. The van der Waals surface area contributed by atoms with E-state index < -0.39 is 5.60 Å². The molecular weight excluding hydrogens is 254 g/mol. The van der Waals surface area contributed by atoms with Crippen molar-refractivity contribution in [3.05, 3.63) is 0 Å². The Hall–Kier alpha value is -0.810. The Morgan fingerprint density at radius 2 is 2.00 bits per heavy atom. The van der Waals surface area contributed by atoms with Gasteiger partial charge in [-0.25, -0.2) is 4.79 Å². The molecule has 0 radical (unpaired) electrons. The van der Waals surface area contributed by atoms with Crippen LogP contribution < -0.4 is 10.6 Å². The predicted molar refractivity (Wildman–Crippen MR) is 81.7 cm³/mol. The number of rotatable bonds is 6. The van der Waals surface area contributed by atoms with Crippen molar-refractivity contribution in [1.82, 2.24) is 15.5 Å². The number of hydrogen-bond donors (Lipinski definition) is 3. The molecule has 118 valence electrons. The van der Waals surface area contributed by atoms with Crippen molar-refractivity contribution in [1.29, 1.82) is 0 Å². The van der Waals surface area contributed by atoms with Crippen molar-refractivity contribution in [2.75, 3.05) is 26.2 Å². The SMILES string of the molecule is CCCN1CCC(NC(=O)NCC(C)(O)C(C)C)CC1. The lowest BCUT2D eigenvalue weighted by Crippen LogP contribution is -2.51. The fraction of sp³-hybridized carbons (Fsp3) is 0.933. The molecule has 5 nitrogen and oxygen atoms in total. The van der Waals surface area contributed by atoms with E-state index in [0.29, 0.717) is 0 Å². The average molecular weight is 285 g/mol. The van der Waals surface area contributed by atoms with Crippen LogP contribution in [0.15, 0.2) is 0 Å². The molecule has 0 bridgehead atoms. The normalized spacial score (nSPS) is 20.7. The summed E-state index contributed by atoms with van der Waals surface area (Å²) in [6, 6.07) is 0.0898. The first kappa shape index (κ1) is 17.2. The molecule has 1 fully saturated rings. The van der Waals surface area contributed by atoms with E-state index in [0.717, 1.165) is 32.5 Å². The second-order valence-corrected chi connectivity index (χ2v) is 6.45. The van der Waals surface area contributed by atoms with Crippen LogP contribution in [-0.2, 0) is 0 Å². The fourth-order valence-electron chi connectivity index (χ4n) is 2.32. The Labute approximate surface area is 123 Å². The van der Waals surface area contributed by atoms with Crippen molar-refractivity contribution in [2.45, 2.75) is 58.6 Å². The molecule has 1 rings (SSSR count). The van der Waals surface area contributed by atoms with Gasteiger partial charge in [0, 0.05) is 25.7 Å². The number of aliphatic hydroxyl groups is 1. The Morgan fingerprint density at radius 3 is 2.50 bits per heavy atom. The quantitative estimate of drug-likeness (QED) is 0.694. The van der Waals surface area contributed by atoms with Crippen LogP contribution in [-0.4, -0.2) is 53.9 Å². The number of piperidine rings is 1. The highest BCUT2D eigenvalue weighted by atomic mass is 16.3. The summed E-state index contributed by atoms with van der Waals surface area (Å²) in [6.07, 6.45) is 3.20. The highest BCUT2D eigenvalue weighted by Crippen LogP contribution is 2.14. The molecule has 1 unspecified atom stereocenters. The van der Waals surface area contributed by atoms with Crippen LogP contribution in [0.25, 0.3) is 0 Å². The summed E-state index contributed by atoms with van der Waals surface area (Å²) in [5.74, 6) is 0.111. The number of carbonyl (C=O) groups excluding carboxylic acids is 1. The summed E-state index contributed by atoms with van der Waals surface area (Å²) in [5, 5.41) is 15.9. The molecular formula is C15H31N3O2. The van der Waals surface area contributed by atoms with E-state index in [1.165, 1.54) is 6.42 Å². The van der Waals surface area contributed by atoms with Crippen molar-refractivity contribution in [2.24, 2.45) is 5.92 Å². The third-order valence-corrected chi connectivity index (χ3v) is 4.31. The minimum absolute atomic E-state index is 0.111. The standard InChI is InChI=1S/C15H31N3O2/c1-5-8-18-9-6-13(7-10-18)17-14(19)16-11-15(4,20)12(2)3/h12-13,20H,5-11H2,1-4H3,(H2,16,17,19). The highest BCUT2D eigenvalue weighted by Gasteiger charge is 2.26. The van der Waals surface area contributed by atoms with Gasteiger partial charge in [-0.2, -0.15) is 0 Å². The first-order chi connectivity index (χ1) is 9.35. The van der Waals surface area contributed by atoms with Crippen LogP contribution in [0.4, 0.5) is 4.79 Å². The van der Waals surface area contributed by atoms with Gasteiger partial charge in [-0.05, 0) is 38.6 Å². The molecule has 0 aromatic rings. The molecule has 0 spiro atoms. The molecule has 0 saturated carbocycles. The van der Waals surface area contributed by atoms with Crippen molar-refractivity contribution < 1.29 is 9.90 Å². The van der Waals surface area contributed by atoms with E-state index in [2.05, 4.69) is 22.5 Å². The van der Waals surface area contributed by atoms with Crippen LogP contribution >= 0.6 is 0 Å². The van der Waals surface area contributed by atoms with E-state index in [4.69, 9.17) is 0 Å². The number of likely N-dealkylation sites (tertiary alicyclic amines) is 1. The monoisotopic (exact) mass is 285 g/mol. The Kier molecular flexibility index (Phi) is 6.76. The lowest BCUT2D eigenvalue weighted by atomic mass is 9.93. The minimum Gasteiger partial charge on any atom is -0.388 e. The van der Waals surface area contributed by atoms with Gasteiger partial charge in [0.1, 0.15) is 0 Å². The zero-order valence-electron chi connectivity index (χ0n) is 13.4. The molecule has 1 aliphatic heterocycles. The predicted octanol–water partition coefficient (Wildman–Crippen LogP) is 1.57. The zero-order chi connectivity index (χ0) is 15.2. The number of hydrogen-bond acceptors (Lipinski definition) is 3. The van der Waals surface area contributed by atoms with Crippen LogP contribution in [0.3, 0.4) is 0 Å². The number of nitrogens with zero attached hydrogens (tertiary/aromatic N) is 1. The molecule has 5 heteroatoms. The molecule has 3 N–H and O–H groups in total. The molecule has 0 aromatic carbocycles. The second kappa shape index (κ2) is 7.84. The lowest BCUT2D eigenvalue weighted by molar-refractivity contribution is 0.0164. The smallest absolute Gasteiger partial charge is 0.315 e. The van der Waals surface area contributed by atoms with Gasteiger partial charge in [-0.1, -0.05) is 20.8 Å². The van der Waals surface area contributed by atoms with Crippen molar-refractivity contribution in [3.63, 3.8) is 0 Å². The number of carbonyl (C=O) groups is 1. The summed E-state index contributed by atoms with van der Waals surface area (Å²) in [5.41, 5.74) is -0.859. The fourth-order valence-corrected chi connectivity index (χ4v) is 2.32. The first-order valence-electron chi connectivity index (χ1n) is 7.84. The summed E-state index contributed by atoms with van der Waals surface area (Å²) in [7, 11) is 0. The molecule has 1 saturated heterocycles. The maximum absolute atomic E-state index is 11.8. The van der Waals surface area contributed by atoms with Gasteiger partial charge in [-0.3, -0.25) is 0 Å². The third-order valence-electron chi connectivity index (χ3n) is 4.31. The maximum atomic E-state index is 11.8. The maximum Gasteiger partial charge on any atom is 0.315 e. The number of amides is 2. The van der Waals surface area contributed by atoms with Crippen molar-refractivity contribution >= 4 is 6.03 Å². The highest BCUT2D eigenvalue weighted by molar-refractivity contribution is 5.74. The van der Waals surface area contributed by atoms with Crippen molar-refractivity contribution in [3.8, 4) is 0 Å². The first-order valence-corrected chi connectivity index (χ1v) is 7.84. The summed E-state index contributed by atoms with van der Waals surface area (Å²) in [6.45, 7) is 11.4. The molecule has 2 amide bonds. The summed E-state index contributed by atoms with van der Waals surface area (Å²) < 4.78 is 0. The molecule has 1 aliphatic rings. The van der Waals surface area contributed by atoms with Gasteiger partial charge in [-0.15, -0.1) is 0 Å². The van der Waals surface area contributed by atoms with Crippen LogP contribution in [0.2, 0.25) is 0 Å². The van der Waals surface area contributed by atoms with Gasteiger partial charge in [0.05, 0.1) is 5.60 Å². The Bertz CT molecular complexity index is 297. The van der Waals surface area contributed by atoms with Crippen LogP contribution in [0.1, 0.15) is 47.0 Å². The molecule has 0 aliphatic carbocycles. The van der Waals surface area contributed by atoms with E-state index in [1.807, 2.05) is 13.8 Å². The van der Waals surface area contributed by atoms with Gasteiger partial charge >= 0.3 is 6.03 Å². The van der Waals surface area contributed by atoms with E-state index in [9.17, 15) is 9.90 Å². The van der Waals surface area contributed by atoms with E-state index >= 15 is 0 Å². The second-order valence-electron chi connectivity index (χ2n) is 6.45. The third kappa shape index (κ3) is 5.67. The molecule has 20 heavy (non-hydrogen) atoms. The average Bonchev–Trinajstić information content (AvgIpc) is 2.39. The van der Waals surface area contributed by atoms with Crippen LogP contribution in [0, 0.1) is 5.92 Å². The number of nitrogens with one attached hydrogen (secondary N) is 2. The Balaban J connectivity index is 2.24. The largest absolute Gasteiger partial charge is 0.388 e. The summed E-state index contributed by atoms with van der Waals surface area (Å²) >= 11 is 0.